The van der Waals surface area contributed by atoms with Crippen LogP contribution in [-0.4, -0.2) is 72.6 Å². The molecule has 0 aromatic heterocycles. The van der Waals surface area contributed by atoms with Crippen LogP contribution in [0.5, 0.6) is 0 Å². The van der Waals surface area contributed by atoms with Crippen molar-refractivity contribution in [3.8, 4) is 0 Å². The highest BCUT2D eigenvalue weighted by atomic mass is 19.1. The molecule has 6 nitrogen and oxygen atoms in total. The number of likely N-dealkylation sites (tertiary alicyclic amines) is 1. The van der Waals surface area contributed by atoms with E-state index in [4.69, 9.17) is 4.74 Å². The molecule has 34 heavy (non-hydrogen) atoms. The first-order chi connectivity index (χ1) is 16.4. The van der Waals surface area contributed by atoms with Crippen LogP contribution in [0.15, 0.2) is 35.4 Å². The number of ether oxygens (including phenoxy) is 1. The number of amides is 2. The number of halogens is 1. The van der Waals surface area contributed by atoms with E-state index >= 15 is 0 Å². The Bertz CT molecular complexity index is 1030. The first-order valence-corrected chi connectivity index (χ1v) is 12.8. The average molecular weight is 468 g/mol. The van der Waals surface area contributed by atoms with Crippen LogP contribution in [0.2, 0.25) is 0 Å². The zero-order valence-electron chi connectivity index (χ0n) is 20.1. The summed E-state index contributed by atoms with van der Waals surface area (Å²) in [7, 11) is 0. The largest absolute Gasteiger partial charge is 0.369 e. The molecule has 182 valence electrons. The van der Waals surface area contributed by atoms with Crippen LogP contribution in [-0.2, 0) is 14.3 Å². The zero-order chi connectivity index (χ0) is 23.6. The molecule has 6 rings (SSSR count). The lowest BCUT2D eigenvalue weighted by Crippen LogP contribution is -2.48. The SMILES string of the molecule is CC1=C2CCC(C)CC23OC1C1C(=O)N(CCCN2CCN(c4ccc(F)cc4)CC2)C(=O)C13. The van der Waals surface area contributed by atoms with Crippen molar-refractivity contribution in [2.75, 3.05) is 44.2 Å². The summed E-state index contributed by atoms with van der Waals surface area (Å²) < 4.78 is 19.7. The molecule has 1 aromatic carbocycles. The first-order valence-electron chi connectivity index (χ1n) is 12.8. The molecular formula is C27H34FN3O3. The van der Waals surface area contributed by atoms with Crippen LogP contribution in [0.25, 0.3) is 0 Å². The molecule has 1 spiro atoms. The monoisotopic (exact) mass is 467 g/mol. The van der Waals surface area contributed by atoms with Crippen LogP contribution < -0.4 is 4.90 Å². The molecule has 1 saturated carbocycles. The van der Waals surface area contributed by atoms with E-state index in [2.05, 4.69) is 23.6 Å². The van der Waals surface area contributed by atoms with Gasteiger partial charge in [0.2, 0.25) is 11.8 Å². The topological polar surface area (TPSA) is 53.1 Å². The van der Waals surface area contributed by atoms with Crippen molar-refractivity contribution in [1.82, 2.24) is 9.80 Å². The number of carbonyl (C=O) groups is 2. The molecule has 0 N–H and O–H groups in total. The maximum absolute atomic E-state index is 13.5. The second kappa shape index (κ2) is 8.16. The van der Waals surface area contributed by atoms with Gasteiger partial charge < -0.3 is 9.64 Å². The number of anilines is 1. The number of carbonyl (C=O) groups excluding carboxylic acids is 2. The van der Waals surface area contributed by atoms with Crippen molar-refractivity contribution in [3.63, 3.8) is 0 Å². The normalized spacial score (nSPS) is 35.4. The van der Waals surface area contributed by atoms with Gasteiger partial charge in [0.05, 0.1) is 17.9 Å². The number of imide groups is 1. The molecular weight excluding hydrogens is 433 g/mol. The molecule has 5 unspecified atom stereocenters. The van der Waals surface area contributed by atoms with Gasteiger partial charge in [0.1, 0.15) is 11.4 Å². The molecule has 5 aliphatic rings. The molecule has 0 radical (unpaired) electrons. The number of hydrogen-bond donors (Lipinski definition) is 0. The maximum Gasteiger partial charge on any atom is 0.236 e. The Labute approximate surface area is 200 Å². The summed E-state index contributed by atoms with van der Waals surface area (Å²) in [5.41, 5.74) is 3.07. The van der Waals surface area contributed by atoms with Gasteiger partial charge in [-0.3, -0.25) is 19.4 Å². The number of piperazine rings is 1. The van der Waals surface area contributed by atoms with E-state index in [1.165, 1.54) is 23.3 Å². The lowest BCUT2D eigenvalue weighted by molar-refractivity contribution is -0.145. The number of nitrogens with zero attached hydrogens (tertiary/aromatic N) is 3. The molecule has 1 aliphatic carbocycles. The highest BCUT2D eigenvalue weighted by Gasteiger charge is 2.71. The summed E-state index contributed by atoms with van der Waals surface area (Å²) in [4.78, 5) is 33.1. The summed E-state index contributed by atoms with van der Waals surface area (Å²) in [5, 5.41) is 0. The van der Waals surface area contributed by atoms with Gasteiger partial charge in [0, 0.05) is 38.4 Å². The fraction of sp³-hybridized carbons (Fsp3) is 0.630. The van der Waals surface area contributed by atoms with Gasteiger partial charge in [-0.2, -0.15) is 0 Å². The lowest BCUT2D eigenvalue weighted by Gasteiger charge is -2.40. The lowest BCUT2D eigenvalue weighted by atomic mass is 9.62. The highest BCUT2D eigenvalue weighted by Crippen LogP contribution is 2.62. The Morgan fingerprint density at radius 3 is 2.53 bits per heavy atom. The second-order valence-corrected chi connectivity index (χ2v) is 10.9. The molecule has 3 saturated heterocycles. The van der Waals surface area contributed by atoms with E-state index < -0.39 is 5.60 Å². The van der Waals surface area contributed by atoms with Gasteiger partial charge in [0.25, 0.3) is 0 Å². The van der Waals surface area contributed by atoms with Crippen molar-refractivity contribution in [1.29, 1.82) is 0 Å². The second-order valence-electron chi connectivity index (χ2n) is 10.9. The highest BCUT2D eigenvalue weighted by molar-refractivity contribution is 6.07. The first kappa shape index (κ1) is 22.2. The van der Waals surface area contributed by atoms with E-state index in [1.54, 1.807) is 4.90 Å². The summed E-state index contributed by atoms with van der Waals surface area (Å²) in [5.74, 6) is -0.352. The number of rotatable bonds is 5. The predicted molar refractivity (Wildman–Crippen MR) is 127 cm³/mol. The fourth-order valence-electron chi connectivity index (χ4n) is 7.31. The third-order valence-corrected chi connectivity index (χ3v) is 8.98. The van der Waals surface area contributed by atoms with Crippen LogP contribution in [0.3, 0.4) is 0 Å². The Balaban J connectivity index is 1.05. The van der Waals surface area contributed by atoms with Crippen LogP contribution >= 0.6 is 0 Å². The molecule has 4 aliphatic heterocycles. The van der Waals surface area contributed by atoms with Crippen LogP contribution in [0.4, 0.5) is 10.1 Å². The fourth-order valence-corrected chi connectivity index (χ4v) is 7.31. The van der Waals surface area contributed by atoms with Crippen molar-refractivity contribution >= 4 is 17.5 Å². The quantitative estimate of drug-likeness (QED) is 0.492. The van der Waals surface area contributed by atoms with Crippen LogP contribution in [0.1, 0.15) is 39.5 Å². The van der Waals surface area contributed by atoms with Crippen molar-refractivity contribution < 1.29 is 18.7 Å². The predicted octanol–water partition coefficient (Wildman–Crippen LogP) is 3.23. The molecule has 4 fully saturated rings. The summed E-state index contributed by atoms with van der Waals surface area (Å²) in [6.07, 6.45) is 3.59. The third-order valence-electron chi connectivity index (χ3n) is 8.98. The third kappa shape index (κ3) is 3.27. The van der Waals surface area contributed by atoms with E-state index in [0.717, 1.165) is 64.1 Å². The minimum atomic E-state index is -0.519. The Hall–Kier alpha value is -2.25. The van der Waals surface area contributed by atoms with Gasteiger partial charge in [-0.05, 0) is 80.5 Å². The van der Waals surface area contributed by atoms with Crippen molar-refractivity contribution in [2.45, 2.75) is 51.2 Å². The molecule has 5 atom stereocenters. The van der Waals surface area contributed by atoms with E-state index in [-0.39, 0.29) is 35.6 Å². The Morgan fingerprint density at radius 2 is 1.79 bits per heavy atom. The smallest absolute Gasteiger partial charge is 0.236 e. The van der Waals surface area contributed by atoms with Crippen molar-refractivity contribution in [2.24, 2.45) is 17.8 Å². The van der Waals surface area contributed by atoms with Gasteiger partial charge in [-0.15, -0.1) is 0 Å². The Kier molecular flexibility index (Phi) is 5.34. The van der Waals surface area contributed by atoms with E-state index in [1.807, 2.05) is 12.1 Å². The van der Waals surface area contributed by atoms with Gasteiger partial charge in [-0.25, -0.2) is 4.39 Å². The molecule has 4 heterocycles. The van der Waals surface area contributed by atoms with Gasteiger partial charge >= 0.3 is 0 Å². The summed E-state index contributed by atoms with van der Waals surface area (Å²) >= 11 is 0. The van der Waals surface area contributed by atoms with E-state index in [9.17, 15) is 14.0 Å². The van der Waals surface area contributed by atoms with Crippen LogP contribution in [0, 0.1) is 23.6 Å². The molecule has 7 heteroatoms. The standard InChI is InChI=1S/C27H34FN3O3/c1-17-4-9-21-18(2)24-22-23(27(21,16-17)34-24)26(33)31(25(22)32)11-3-10-29-12-14-30(15-13-29)20-7-5-19(28)6-8-20/h5-8,17,22-24H,3-4,9-16H2,1-2H3. The number of benzene rings is 1. The molecule has 1 aromatic rings. The molecule has 2 bridgehead atoms. The summed E-state index contributed by atoms with van der Waals surface area (Å²) in [6.45, 7) is 9.35. The van der Waals surface area contributed by atoms with Crippen molar-refractivity contribution in [3.05, 3.63) is 41.2 Å². The Morgan fingerprint density at radius 1 is 1.06 bits per heavy atom. The summed E-state index contributed by atoms with van der Waals surface area (Å²) in [6, 6.07) is 6.67. The number of hydrogen-bond acceptors (Lipinski definition) is 5. The minimum Gasteiger partial charge on any atom is -0.369 e. The minimum absolute atomic E-state index is 0.00210. The van der Waals surface area contributed by atoms with Gasteiger partial charge in [0.15, 0.2) is 0 Å². The zero-order valence-corrected chi connectivity index (χ0v) is 20.1. The maximum atomic E-state index is 13.5. The average Bonchev–Trinajstić information content (AvgIpc) is 3.40. The van der Waals surface area contributed by atoms with Gasteiger partial charge in [-0.1, -0.05) is 6.92 Å². The number of fused-ring (bicyclic) bond motifs is 3. The van der Waals surface area contributed by atoms with E-state index in [0.29, 0.717) is 12.5 Å². The molecule has 2 amide bonds.